The molecule has 1 amide bonds. The molecule has 1 unspecified atom stereocenters. The minimum atomic E-state index is -1.97. The van der Waals surface area contributed by atoms with Gasteiger partial charge in [0.25, 0.3) is 0 Å². The van der Waals surface area contributed by atoms with Gasteiger partial charge in [-0.1, -0.05) is 12.1 Å². The maximum Gasteiger partial charge on any atom is 1.00 e. The van der Waals surface area contributed by atoms with Crippen LogP contribution in [-0.2, 0) is 15.9 Å². The summed E-state index contributed by atoms with van der Waals surface area (Å²) < 4.78 is 19.7. The molecule has 0 aliphatic heterocycles. The number of aromatic nitrogens is 1. The standard InChI is InChI=1S/C11H10N2O3S2.Na/c1-7(14)12-11-13-10(6-17-11)8-2-4-9(5-3-8)18(15)16;/h2-6H,1H3,(H,15,16)(H,12,13,14);/q;+1. The third-order valence-corrected chi connectivity index (χ3v) is 3.57. The van der Waals surface area contributed by atoms with Gasteiger partial charge in [-0.2, -0.15) is 0 Å². The molecule has 19 heavy (non-hydrogen) atoms. The molecule has 1 aromatic heterocycles. The van der Waals surface area contributed by atoms with E-state index in [1.54, 1.807) is 24.3 Å². The maximum absolute atomic E-state index is 10.9. The quantitative estimate of drug-likeness (QED) is 0.584. The number of rotatable bonds is 3. The van der Waals surface area contributed by atoms with Crippen molar-refractivity contribution in [3.05, 3.63) is 29.6 Å². The number of carbonyl (C=O) groups is 1. The van der Waals surface area contributed by atoms with Gasteiger partial charge in [0.05, 0.1) is 10.6 Å². The zero-order valence-corrected chi connectivity index (χ0v) is 14.0. The first-order valence-corrected chi connectivity index (χ1v) is 6.99. The Morgan fingerprint density at radius 2 is 2.00 bits per heavy atom. The van der Waals surface area contributed by atoms with Gasteiger partial charge in [0.15, 0.2) is 16.2 Å². The van der Waals surface area contributed by atoms with E-state index >= 15 is 0 Å². The number of amides is 1. The van der Waals surface area contributed by atoms with Gasteiger partial charge in [0, 0.05) is 17.9 Å². The average Bonchev–Trinajstić information content (AvgIpc) is 2.76. The van der Waals surface area contributed by atoms with Crippen LogP contribution in [0, 0.1) is 0 Å². The number of nitrogens with one attached hydrogen (secondary N) is 1. The predicted molar refractivity (Wildman–Crippen MR) is 70.9 cm³/mol. The fourth-order valence-electron chi connectivity index (χ4n) is 1.36. The summed E-state index contributed by atoms with van der Waals surface area (Å²) >= 11 is -0.640. The first kappa shape index (κ1) is 16.5. The Morgan fingerprint density at radius 1 is 1.37 bits per heavy atom. The molecule has 5 nitrogen and oxygen atoms in total. The molecular formula is C11H10N2NaO3S2+. The summed E-state index contributed by atoms with van der Waals surface area (Å²) in [5, 5.41) is 4.95. The number of hydrogen-bond acceptors (Lipinski definition) is 4. The van der Waals surface area contributed by atoms with E-state index in [4.69, 9.17) is 4.55 Å². The van der Waals surface area contributed by atoms with Gasteiger partial charge in [-0.05, 0) is 12.1 Å². The predicted octanol–water partition coefficient (Wildman–Crippen LogP) is -0.647. The van der Waals surface area contributed by atoms with Gasteiger partial charge < -0.3 is 9.87 Å². The van der Waals surface area contributed by atoms with E-state index in [0.717, 1.165) is 11.3 Å². The average molecular weight is 305 g/mol. The van der Waals surface area contributed by atoms with Crippen LogP contribution in [0.1, 0.15) is 6.92 Å². The summed E-state index contributed by atoms with van der Waals surface area (Å²) in [4.78, 5) is 15.5. The van der Waals surface area contributed by atoms with E-state index in [0.29, 0.717) is 10.0 Å². The molecule has 2 rings (SSSR count). The Morgan fingerprint density at radius 3 is 2.53 bits per heavy atom. The summed E-state index contributed by atoms with van der Waals surface area (Å²) in [6.07, 6.45) is 0. The largest absolute Gasteiger partial charge is 1.00 e. The van der Waals surface area contributed by atoms with Crippen molar-refractivity contribution in [3.63, 3.8) is 0 Å². The van der Waals surface area contributed by atoms with Gasteiger partial charge in [0.1, 0.15) is 0 Å². The fraction of sp³-hybridized carbons (Fsp3) is 0.0909. The Kier molecular flexibility index (Phi) is 6.31. The van der Waals surface area contributed by atoms with Crippen molar-refractivity contribution in [2.24, 2.45) is 0 Å². The van der Waals surface area contributed by atoms with Crippen molar-refractivity contribution in [3.8, 4) is 11.3 Å². The molecule has 1 atom stereocenters. The number of nitrogens with zero attached hydrogens (tertiary/aromatic N) is 1. The molecule has 1 aromatic carbocycles. The van der Waals surface area contributed by atoms with Crippen molar-refractivity contribution < 1.29 is 43.1 Å². The van der Waals surface area contributed by atoms with Gasteiger partial charge in [0.2, 0.25) is 5.91 Å². The van der Waals surface area contributed by atoms with Crippen LogP contribution >= 0.6 is 11.3 Å². The Hall–Kier alpha value is -0.570. The van der Waals surface area contributed by atoms with Crippen LogP contribution in [0.4, 0.5) is 5.13 Å². The van der Waals surface area contributed by atoms with Gasteiger partial charge >= 0.3 is 29.6 Å². The second kappa shape index (κ2) is 7.28. The Bertz CT molecular complexity index is 598. The van der Waals surface area contributed by atoms with E-state index in [2.05, 4.69) is 10.3 Å². The van der Waals surface area contributed by atoms with Crippen molar-refractivity contribution >= 4 is 33.5 Å². The molecule has 0 spiro atoms. The summed E-state index contributed by atoms with van der Waals surface area (Å²) in [5.41, 5.74) is 1.55. The Labute approximate surface area is 139 Å². The SMILES string of the molecule is CC(=O)Nc1nc(-c2ccc(S(=O)O)cc2)cs1.[Na+]. The van der Waals surface area contributed by atoms with E-state index in [-0.39, 0.29) is 35.5 Å². The summed E-state index contributed by atoms with van der Waals surface area (Å²) in [7, 11) is 0. The normalized spacial score (nSPS) is 11.5. The van der Waals surface area contributed by atoms with Crippen molar-refractivity contribution in [2.45, 2.75) is 11.8 Å². The monoisotopic (exact) mass is 305 g/mol. The molecule has 94 valence electrons. The molecule has 8 heteroatoms. The number of benzene rings is 1. The van der Waals surface area contributed by atoms with Crippen LogP contribution in [-0.4, -0.2) is 19.7 Å². The van der Waals surface area contributed by atoms with Crippen LogP contribution in [0.2, 0.25) is 0 Å². The zero-order chi connectivity index (χ0) is 13.1. The topological polar surface area (TPSA) is 79.3 Å². The summed E-state index contributed by atoms with van der Waals surface area (Å²) in [6, 6.07) is 6.58. The van der Waals surface area contributed by atoms with E-state index in [9.17, 15) is 9.00 Å². The van der Waals surface area contributed by atoms with Crippen LogP contribution in [0.25, 0.3) is 11.3 Å². The molecule has 1 heterocycles. The summed E-state index contributed by atoms with van der Waals surface area (Å²) in [6.45, 7) is 1.42. The minimum absolute atomic E-state index is 0. The molecule has 0 radical (unpaired) electrons. The van der Waals surface area contributed by atoms with Gasteiger partial charge in [-0.3, -0.25) is 4.79 Å². The molecular weight excluding hydrogens is 295 g/mol. The molecule has 0 bridgehead atoms. The second-order valence-corrected chi connectivity index (χ2v) is 5.32. The smallest absolute Gasteiger partial charge is 0.302 e. The van der Waals surface area contributed by atoms with Crippen LogP contribution in [0.5, 0.6) is 0 Å². The first-order valence-electron chi connectivity index (χ1n) is 5.00. The zero-order valence-electron chi connectivity index (χ0n) is 10.4. The van der Waals surface area contributed by atoms with E-state index in [1.807, 2.05) is 5.38 Å². The molecule has 2 N–H and O–H groups in total. The molecule has 2 aromatic rings. The van der Waals surface area contributed by atoms with Crippen molar-refractivity contribution in [1.82, 2.24) is 4.98 Å². The second-order valence-electron chi connectivity index (χ2n) is 3.49. The molecule has 0 aliphatic rings. The van der Waals surface area contributed by atoms with Crippen LogP contribution < -0.4 is 34.9 Å². The fourth-order valence-corrected chi connectivity index (χ4v) is 2.49. The van der Waals surface area contributed by atoms with Crippen LogP contribution in [0.3, 0.4) is 0 Å². The minimum Gasteiger partial charge on any atom is -0.302 e. The number of carbonyl (C=O) groups excluding carboxylic acids is 1. The third-order valence-electron chi connectivity index (χ3n) is 2.14. The van der Waals surface area contributed by atoms with Gasteiger partial charge in [-0.25, -0.2) is 9.19 Å². The van der Waals surface area contributed by atoms with Crippen molar-refractivity contribution in [2.75, 3.05) is 5.32 Å². The molecule has 0 aliphatic carbocycles. The summed E-state index contributed by atoms with van der Waals surface area (Å²) in [5.74, 6) is -0.165. The van der Waals surface area contributed by atoms with Crippen LogP contribution in [0.15, 0.2) is 34.5 Å². The third kappa shape index (κ3) is 4.48. The number of thiazole rings is 1. The first-order chi connectivity index (χ1) is 8.56. The number of anilines is 1. The molecule has 0 fully saturated rings. The van der Waals surface area contributed by atoms with Gasteiger partial charge in [-0.15, -0.1) is 11.3 Å². The van der Waals surface area contributed by atoms with Crippen molar-refractivity contribution in [1.29, 1.82) is 0 Å². The Balaban J connectivity index is 0.00000180. The van der Waals surface area contributed by atoms with E-state index < -0.39 is 11.1 Å². The number of hydrogen-bond donors (Lipinski definition) is 2. The molecule has 0 saturated heterocycles. The van der Waals surface area contributed by atoms with E-state index in [1.165, 1.54) is 18.3 Å². The maximum atomic E-state index is 10.9. The molecule has 0 saturated carbocycles.